The van der Waals surface area contributed by atoms with Gasteiger partial charge in [0.15, 0.2) is 0 Å². The predicted octanol–water partition coefficient (Wildman–Crippen LogP) is 5.40. The van der Waals surface area contributed by atoms with Crippen molar-refractivity contribution < 1.29 is 0 Å². The Labute approximate surface area is 167 Å². The zero-order valence-corrected chi connectivity index (χ0v) is 17.4. The summed E-state index contributed by atoms with van der Waals surface area (Å²) >= 11 is 0. The van der Waals surface area contributed by atoms with Gasteiger partial charge in [0, 0.05) is 42.8 Å². The molecule has 0 saturated heterocycles. The fourth-order valence-electron chi connectivity index (χ4n) is 2.99. The summed E-state index contributed by atoms with van der Waals surface area (Å²) in [6, 6.07) is 10.3. The highest BCUT2D eigenvalue weighted by Crippen LogP contribution is 2.29. The van der Waals surface area contributed by atoms with E-state index in [-0.39, 0.29) is 0 Å². The molecule has 3 aromatic heterocycles. The Kier molecular flexibility index (Phi) is 5.93. The van der Waals surface area contributed by atoms with Crippen LogP contribution in [0.15, 0.2) is 48.9 Å². The summed E-state index contributed by atoms with van der Waals surface area (Å²) in [5, 5.41) is 6.58. The Hall–Kier alpha value is -2.95. The van der Waals surface area contributed by atoms with Crippen LogP contribution in [0, 0.1) is 12.3 Å². The molecule has 3 rings (SSSR count). The molecule has 5 nitrogen and oxygen atoms in total. The van der Waals surface area contributed by atoms with Crippen LogP contribution >= 0.6 is 0 Å². The van der Waals surface area contributed by atoms with Gasteiger partial charge in [-0.3, -0.25) is 9.97 Å². The lowest BCUT2D eigenvalue weighted by atomic mass is 9.92. The Balaban J connectivity index is 1.87. The maximum atomic E-state index is 4.60. The number of nitrogens with zero attached hydrogens (tertiary/aromatic N) is 3. The lowest BCUT2D eigenvalue weighted by molar-refractivity contribution is 0.390. The number of hydrogen-bond donors (Lipinski definition) is 2. The van der Waals surface area contributed by atoms with Gasteiger partial charge in [0.05, 0.1) is 17.6 Å². The van der Waals surface area contributed by atoms with Crippen LogP contribution in [0.1, 0.15) is 32.9 Å². The van der Waals surface area contributed by atoms with Gasteiger partial charge in [-0.25, -0.2) is 4.98 Å². The molecule has 0 atom stereocenters. The summed E-state index contributed by atoms with van der Waals surface area (Å²) in [5.41, 5.74) is 6.54. The summed E-state index contributed by atoms with van der Waals surface area (Å²) < 4.78 is 0. The first-order chi connectivity index (χ1) is 13.4. The van der Waals surface area contributed by atoms with E-state index in [9.17, 15) is 0 Å². The van der Waals surface area contributed by atoms with Gasteiger partial charge in [-0.1, -0.05) is 20.8 Å². The predicted molar refractivity (Wildman–Crippen MR) is 118 cm³/mol. The molecule has 0 aromatic carbocycles. The average Bonchev–Trinajstić information content (AvgIpc) is 2.68. The van der Waals surface area contributed by atoms with Crippen LogP contribution in [0.3, 0.4) is 0 Å². The minimum atomic E-state index is 0.310. The first-order valence-electron chi connectivity index (χ1n) is 9.67. The third kappa shape index (κ3) is 5.06. The van der Waals surface area contributed by atoms with Crippen molar-refractivity contribution in [1.29, 1.82) is 0 Å². The highest BCUT2D eigenvalue weighted by atomic mass is 14.9. The van der Waals surface area contributed by atoms with Crippen LogP contribution in [0.25, 0.3) is 22.4 Å². The zero-order valence-electron chi connectivity index (χ0n) is 17.4. The number of pyridine rings is 3. The molecule has 0 aliphatic rings. The number of nitrogens with one attached hydrogen (secondary N) is 2. The fourth-order valence-corrected chi connectivity index (χ4v) is 2.99. The van der Waals surface area contributed by atoms with Crippen molar-refractivity contribution in [3.05, 3.63) is 54.6 Å². The summed E-state index contributed by atoms with van der Waals surface area (Å²) in [6.45, 7) is 9.73. The van der Waals surface area contributed by atoms with Crippen molar-refractivity contribution in [2.45, 2.75) is 34.1 Å². The molecule has 28 heavy (non-hydrogen) atoms. The molecule has 0 saturated carbocycles. The van der Waals surface area contributed by atoms with Crippen molar-refractivity contribution in [2.75, 3.05) is 24.2 Å². The van der Waals surface area contributed by atoms with Crippen LogP contribution in [-0.4, -0.2) is 28.5 Å². The highest BCUT2D eigenvalue weighted by Gasteiger charge is 2.11. The lowest BCUT2D eigenvalue weighted by Crippen LogP contribution is -2.13. The highest BCUT2D eigenvalue weighted by molar-refractivity contribution is 5.74. The molecule has 0 unspecified atom stereocenters. The topological polar surface area (TPSA) is 62.7 Å². The van der Waals surface area contributed by atoms with Gasteiger partial charge < -0.3 is 10.6 Å². The van der Waals surface area contributed by atoms with Crippen LogP contribution in [-0.2, 0) is 0 Å². The third-order valence-corrected chi connectivity index (χ3v) is 4.67. The summed E-state index contributed by atoms with van der Waals surface area (Å²) in [4.78, 5) is 13.4. The Bertz CT molecular complexity index is 944. The molecule has 0 amide bonds. The average molecular weight is 376 g/mol. The molecule has 3 aromatic rings. The second kappa shape index (κ2) is 8.38. The van der Waals surface area contributed by atoms with Gasteiger partial charge in [-0.05, 0) is 54.7 Å². The van der Waals surface area contributed by atoms with Crippen LogP contribution < -0.4 is 10.6 Å². The minimum absolute atomic E-state index is 0.310. The molecular formula is C23H29N5. The molecule has 2 N–H and O–H groups in total. The number of anilines is 2. The van der Waals surface area contributed by atoms with E-state index in [0.29, 0.717) is 5.41 Å². The van der Waals surface area contributed by atoms with Crippen molar-refractivity contribution in [3.63, 3.8) is 0 Å². The zero-order chi connectivity index (χ0) is 20.1. The van der Waals surface area contributed by atoms with E-state index in [1.807, 2.05) is 44.6 Å². The third-order valence-electron chi connectivity index (χ3n) is 4.67. The van der Waals surface area contributed by atoms with E-state index in [1.165, 1.54) is 0 Å². The van der Waals surface area contributed by atoms with E-state index in [2.05, 4.69) is 58.5 Å². The van der Waals surface area contributed by atoms with Crippen molar-refractivity contribution in [3.8, 4) is 22.4 Å². The van der Waals surface area contributed by atoms with Crippen molar-refractivity contribution in [2.24, 2.45) is 5.41 Å². The van der Waals surface area contributed by atoms with Crippen LogP contribution in [0.5, 0.6) is 0 Å². The standard InChI is InChI=1S/C23H29N5/c1-16-20(14-19(15-28-16)25-11-8-23(2,3)4)17-6-9-26-21(12-17)18-7-10-27-22(13-18)24-5/h6-7,9-10,12-15,25H,8,11H2,1-5H3,(H,24,27). The van der Waals surface area contributed by atoms with E-state index in [0.717, 1.165) is 52.5 Å². The first-order valence-corrected chi connectivity index (χ1v) is 9.67. The molecule has 0 fully saturated rings. The fraction of sp³-hybridized carbons (Fsp3) is 0.348. The summed E-state index contributed by atoms with van der Waals surface area (Å²) in [7, 11) is 1.86. The van der Waals surface area contributed by atoms with Gasteiger partial charge in [-0.2, -0.15) is 0 Å². The summed E-state index contributed by atoms with van der Waals surface area (Å²) in [5.74, 6) is 0.826. The number of hydrogen-bond acceptors (Lipinski definition) is 5. The van der Waals surface area contributed by atoms with Crippen molar-refractivity contribution >= 4 is 11.5 Å². The Morgan fingerprint density at radius 2 is 1.68 bits per heavy atom. The molecule has 0 bridgehead atoms. The Morgan fingerprint density at radius 1 is 0.929 bits per heavy atom. The Morgan fingerprint density at radius 3 is 2.43 bits per heavy atom. The molecular weight excluding hydrogens is 346 g/mol. The maximum Gasteiger partial charge on any atom is 0.126 e. The van der Waals surface area contributed by atoms with Gasteiger partial charge in [-0.15, -0.1) is 0 Å². The molecule has 0 aliphatic carbocycles. The minimum Gasteiger partial charge on any atom is -0.384 e. The van der Waals surface area contributed by atoms with E-state index in [4.69, 9.17) is 0 Å². The molecule has 0 aliphatic heterocycles. The first kappa shape index (κ1) is 19.8. The number of aromatic nitrogens is 3. The van der Waals surface area contributed by atoms with Crippen LogP contribution in [0.4, 0.5) is 11.5 Å². The quantitative estimate of drug-likeness (QED) is 0.604. The van der Waals surface area contributed by atoms with Gasteiger partial charge in [0.25, 0.3) is 0 Å². The van der Waals surface area contributed by atoms with Crippen LogP contribution in [0.2, 0.25) is 0 Å². The smallest absolute Gasteiger partial charge is 0.126 e. The largest absolute Gasteiger partial charge is 0.384 e. The second-order valence-electron chi connectivity index (χ2n) is 8.20. The lowest BCUT2D eigenvalue weighted by Gasteiger charge is -2.19. The maximum absolute atomic E-state index is 4.60. The molecule has 146 valence electrons. The molecule has 5 heteroatoms. The van der Waals surface area contributed by atoms with Gasteiger partial charge >= 0.3 is 0 Å². The van der Waals surface area contributed by atoms with E-state index >= 15 is 0 Å². The monoisotopic (exact) mass is 375 g/mol. The molecule has 0 radical (unpaired) electrons. The van der Waals surface area contributed by atoms with Gasteiger partial charge in [0.2, 0.25) is 0 Å². The normalized spacial score (nSPS) is 11.3. The molecule has 0 spiro atoms. The van der Waals surface area contributed by atoms with E-state index in [1.54, 1.807) is 6.20 Å². The van der Waals surface area contributed by atoms with Crippen molar-refractivity contribution in [1.82, 2.24) is 15.0 Å². The summed E-state index contributed by atoms with van der Waals surface area (Å²) in [6.07, 6.45) is 6.66. The van der Waals surface area contributed by atoms with Gasteiger partial charge in [0.1, 0.15) is 5.82 Å². The van der Waals surface area contributed by atoms with E-state index < -0.39 is 0 Å². The number of rotatable bonds is 6. The molecule has 3 heterocycles. The SMILES string of the molecule is CNc1cc(-c2cc(-c3cc(NCCC(C)(C)C)cnc3C)ccn2)ccn1. The second-order valence-corrected chi connectivity index (χ2v) is 8.20. The number of aryl methyl sites for hydroxylation is 1.